The Morgan fingerprint density at radius 2 is 1.29 bits per heavy atom. The molecular formula is C42H33F5N2O5S. The van der Waals surface area contributed by atoms with Gasteiger partial charge in [-0.2, -0.15) is 0 Å². The van der Waals surface area contributed by atoms with Crippen LogP contribution in [0.25, 0.3) is 22.6 Å². The number of carbonyl (C=O) groups excluding carboxylic acids is 1. The molecule has 1 aromatic heterocycles. The minimum Gasteiger partial charge on any atom is -0.431 e. The van der Waals surface area contributed by atoms with E-state index < -0.39 is 53.0 Å². The van der Waals surface area contributed by atoms with Crippen molar-refractivity contribution in [1.29, 1.82) is 0 Å². The normalized spacial score (nSPS) is 18.3. The predicted octanol–water partition coefficient (Wildman–Crippen LogP) is 9.71. The standard InChI is InChI=1S/C42H33F5N2O5S/c1-23-30(22-55-42-49-37(26-8-4-2-5-9-26)39(54-42)27-10-6-3-7-11-27)52-41(53-38(23)28-16-14-25(21-50)15-17-28)29-18-12-24(13-19-29)20-48-40(51)31-32(43)34(45)36(47)35(46)33(31)44/h2-19,23,30,38,41,50H,20-22H2,1H3,(H,48,51)/t23-,30+,38+,41+/m1/s1. The molecule has 282 valence electrons. The summed E-state index contributed by atoms with van der Waals surface area (Å²) in [7, 11) is 0. The SMILES string of the molecule is C[C@@H]1[C@H](CSc2nc(-c3ccccc3)c(-c3ccccc3)o2)O[C@H](c2ccc(CNC(=O)c3c(F)c(F)c(F)c(F)c3F)cc2)O[C@@H]1c1ccc(CO)cc1. The first-order valence-electron chi connectivity index (χ1n) is 17.3. The number of halogens is 5. The zero-order valence-electron chi connectivity index (χ0n) is 29.1. The first kappa shape index (κ1) is 38.0. The van der Waals surface area contributed by atoms with Crippen LogP contribution < -0.4 is 5.32 Å². The molecule has 1 saturated heterocycles. The Morgan fingerprint density at radius 3 is 1.91 bits per heavy atom. The molecule has 1 aliphatic heterocycles. The third-order valence-corrected chi connectivity index (χ3v) is 10.2. The Bertz CT molecular complexity index is 2190. The van der Waals surface area contributed by atoms with Gasteiger partial charge in [-0.15, -0.1) is 0 Å². The number of benzene rings is 5. The molecule has 0 aliphatic carbocycles. The van der Waals surface area contributed by atoms with E-state index in [1.165, 1.54) is 11.8 Å². The van der Waals surface area contributed by atoms with Crippen molar-refractivity contribution in [1.82, 2.24) is 10.3 Å². The molecule has 2 N–H and O–H groups in total. The number of nitrogens with one attached hydrogen (secondary N) is 1. The molecule has 1 amide bonds. The number of rotatable bonds is 11. The number of aliphatic hydroxyl groups excluding tert-OH is 1. The summed E-state index contributed by atoms with van der Waals surface area (Å²) < 4.78 is 88.6. The van der Waals surface area contributed by atoms with Gasteiger partial charge in [-0.1, -0.05) is 128 Å². The van der Waals surface area contributed by atoms with Crippen LogP contribution in [0.3, 0.4) is 0 Å². The summed E-state index contributed by atoms with van der Waals surface area (Å²) in [6.45, 7) is 1.66. The fourth-order valence-electron chi connectivity index (χ4n) is 6.27. The average molecular weight is 773 g/mol. The number of hydrogen-bond donors (Lipinski definition) is 2. The van der Waals surface area contributed by atoms with E-state index in [2.05, 4.69) is 5.32 Å². The molecule has 0 bridgehead atoms. The van der Waals surface area contributed by atoms with E-state index in [-0.39, 0.29) is 25.2 Å². The molecule has 0 saturated carbocycles. The van der Waals surface area contributed by atoms with Crippen LogP contribution in [-0.2, 0) is 22.6 Å². The average Bonchev–Trinajstić information content (AvgIpc) is 3.66. The monoisotopic (exact) mass is 772 g/mol. The van der Waals surface area contributed by atoms with Gasteiger partial charge < -0.3 is 24.3 Å². The second-order valence-corrected chi connectivity index (χ2v) is 13.9. The van der Waals surface area contributed by atoms with Crippen LogP contribution in [0.15, 0.2) is 119 Å². The Morgan fingerprint density at radius 1 is 0.727 bits per heavy atom. The van der Waals surface area contributed by atoms with Crippen molar-refractivity contribution in [2.75, 3.05) is 5.75 Å². The molecule has 5 aromatic carbocycles. The number of ether oxygens (including phenoxy) is 2. The number of amides is 1. The summed E-state index contributed by atoms with van der Waals surface area (Å²) in [5.41, 5.74) is 3.70. The van der Waals surface area contributed by atoms with E-state index in [1.807, 2.05) is 91.9 Å². The van der Waals surface area contributed by atoms with Crippen molar-refractivity contribution in [3.8, 4) is 22.6 Å². The lowest BCUT2D eigenvalue weighted by Gasteiger charge is -2.41. The highest BCUT2D eigenvalue weighted by Gasteiger charge is 2.39. The van der Waals surface area contributed by atoms with Crippen LogP contribution in [0, 0.1) is 35.0 Å². The van der Waals surface area contributed by atoms with Gasteiger partial charge >= 0.3 is 0 Å². The van der Waals surface area contributed by atoms with Crippen molar-refractivity contribution in [2.24, 2.45) is 5.92 Å². The molecular weight excluding hydrogens is 740 g/mol. The highest BCUT2D eigenvalue weighted by atomic mass is 32.2. The predicted molar refractivity (Wildman–Crippen MR) is 195 cm³/mol. The van der Waals surface area contributed by atoms with Gasteiger partial charge in [0.1, 0.15) is 11.3 Å². The second kappa shape index (κ2) is 16.6. The Hall–Kier alpha value is -5.34. The van der Waals surface area contributed by atoms with Crippen LogP contribution in [0.1, 0.15) is 51.9 Å². The number of aliphatic hydroxyl groups is 1. The van der Waals surface area contributed by atoms with Crippen LogP contribution in [0.2, 0.25) is 0 Å². The largest absolute Gasteiger partial charge is 0.431 e. The minimum atomic E-state index is -2.35. The Balaban J connectivity index is 1.10. The molecule has 4 atom stereocenters. The summed E-state index contributed by atoms with van der Waals surface area (Å²) in [6, 6.07) is 33.6. The zero-order valence-corrected chi connectivity index (χ0v) is 30.0. The second-order valence-electron chi connectivity index (χ2n) is 12.9. The number of nitrogens with zero attached hydrogens (tertiary/aromatic N) is 1. The summed E-state index contributed by atoms with van der Waals surface area (Å²) in [5.74, 6) is -11.7. The maximum absolute atomic E-state index is 14.2. The zero-order chi connectivity index (χ0) is 38.6. The molecule has 7 rings (SSSR count). The molecule has 0 unspecified atom stereocenters. The minimum absolute atomic E-state index is 0.104. The van der Waals surface area contributed by atoms with Gasteiger partial charge in [0.25, 0.3) is 11.1 Å². The van der Waals surface area contributed by atoms with Crippen molar-refractivity contribution < 1.29 is 45.7 Å². The van der Waals surface area contributed by atoms with Crippen LogP contribution >= 0.6 is 11.8 Å². The van der Waals surface area contributed by atoms with Gasteiger partial charge in [-0.3, -0.25) is 4.79 Å². The van der Waals surface area contributed by atoms with Crippen molar-refractivity contribution >= 4 is 17.7 Å². The van der Waals surface area contributed by atoms with Gasteiger partial charge in [0.15, 0.2) is 35.3 Å². The third kappa shape index (κ3) is 8.06. The van der Waals surface area contributed by atoms with E-state index in [9.17, 15) is 31.9 Å². The lowest BCUT2D eigenvalue weighted by Crippen LogP contribution is -2.38. The maximum atomic E-state index is 14.2. The van der Waals surface area contributed by atoms with Crippen molar-refractivity contribution in [3.63, 3.8) is 0 Å². The van der Waals surface area contributed by atoms with Gasteiger partial charge in [0, 0.05) is 34.9 Å². The van der Waals surface area contributed by atoms with E-state index in [0.717, 1.165) is 27.9 Å². The van der Waals surface area contributed by atoms with Crippen LogP contribution in [0.4, 0.5) is 22.0 Å². The Labute approximate surface area is 317 Å². The fourth-order valence-corrected chi connectivity index (χ4v) is 7.26. The van der Waals surface area contributed by atoms with Gasteiger partial charge in [0.2, 0.25) is 5.82 Å². The number of carbonyl (C=O) groups is 1. The number of oxazole rings is 1. The van der Waals surface area contributed by atoms with Crippen LogP contribution in [-0.4, -0.2) is 27.9 Å². The molecule has 13 heteroatoms. The van der Waals surface area contributed by atoms with Crippen LogP contribution in [0.5, 0.6) is 0 Å². The first-order chi connectivity index (χ1) is 26.6. The molecule has 0 spiro atoms. The van der Waals surface area contributed by atoms with E-state index in [4.69, 9.17) is 18.9 Å². The highest BCUT2D eigenvalue weighted by Crippen LogP contribution is 2.44. The number of thioether (sulfide) groups is 1. The van der Waals surface area contributed by atoms with E-state index in [0.29, 0.717) is 27.9 Å². The summed E-state index contributed by atoms with van der Waals surface area (Å²) in [6.07, 6.45) is -1.62. The van der Waals surface area contributed by atoms with Gasteiger partial charge in [-0.25, -0.2) is 26.9 Å². The summed E-state index contributed by atoms with van der Waals surface area (Å²) >= 11 is 1.42. The maximum Gasteiger partial charge on any atom is 0.257 e. The van der Waals surface area contributed by atoms with Crippen molar-refractivity contribution in [3.05, 3.63) is 166 Å². The molecule has 6 aromatic rings. The first-order valence-corrected chi connectivity index (χ1v) is 18.2. The van der Waals surface area contributed by atoms with Crippen molar-refractivity contribution in [2.45, 2.75) is 43.8 Å². The lowest BCUT2D eigenvalue weighted by molar-refractivity contribution is -0.268. The number of hydrogen-bond acceptors (Lipinski definition) is 7. The van der Waals surface area contributed by atoms with E-state index in [1.54, 1.807) is 24.3 Å². The molecule has 55 heavy (non-hydrogen) atoms. The molecule has 7 nitrogen and oxygen atoms in total. The topological polar surface area (TPSA) is 93.8 Å². The number of aromatic nitrogens is 1. The molecule has 2 heterocycles. The quantitative estimate of drug-likeness (QED) is 0.0587. The smallest absolute Gasteiger partial charge is 0.257 e. The lowest BCUT2D eigenvalue weighted by atomic mass is 9.91. The third-order valence-electron chi connectivity index (χ3n) is 9.33. The van der Waals surface area contributed by atoms with Gasteiger partial charge in [0.05, 0.1) is 18.8 Å². The molecule has 1 fully saturated rings. The highest BCUT2D eigenvalue weighted by molar-refractivity contribution is 7.99. The molecule has 0 radical (unpaired) electrons. The van der Waals surface area contributed by atoms with E-state index >= 15 is 0 Å². The Kier molecular flexibility index (Phi) is 11.4. The summed E-state index contributed by atoms with van der Waals surface area (Å²) in [5, 5.41) is 12.3. The van der Waals surface area contributed by atoms with Gasteiger partial charge in [-0.05, 0) is 16.7 Å². The fraction of sp³-hybridized carbons (Fsp3) is 0.190. The summed E-state index contributed by atoms with van der Waals surface area (Å²) in [4.78, 5) is 17.4. The molecule has 1 aliphatic rings.